The number of anilines is 1. The highest BCUT2D eigenvalue weighted by atomic mass is 16.6. The van der Waals surface area contributed by atoms with Crippen molar-refractivity contribution in [1.29, 1.82) is 0 Å². The van der Waals surface area contributed by atoms with Gasteiger partial charge in [0.1, 0.15) is 23.2 Å². The lowest BCUT2D eigenvalue weighted by atomic mass is 9.73. The van der Waals surface area contributed by atoms with E-state index in [2.05, 4.69) is 0 Å². The minimum Gasteiger partial charge on any atom is -0.465 e. The topological polar surface area (TPSA) is 96.4 Å². The standard InChI is InChI=1S/C31H34N2O6/c1-2-30-14-6-3-7-19-38-29(37)25(30)24-27(35)33(17-9-18-34)26-28(36)32(16-8-15-31(24,26)39-30)23-13-12-21-10-4-5-11-22(21)20-23/h4-6,8,10-15,20,24-26,34H,2-3,7,9,16-19H2,1H3/b14-6-/t24-,25-,26?,30+,31-/m0/s1. The Bertz CT molecular complexity index is 1370. The van der Waals surface area contributed by atoms with Crippen LogP contribution in [0.5, 0.6) is 0 Å². The third kappa shape index (κ3) is 3.92. The molecule has 2 aromatic rings. The number of fused-ring (bicyclic) bond motifs is 3. The van der Waals surface area contributed by atoms with Crippen molar-refractivity contribution in [3.63, 3.8) is 0 Å². The molecule has 1 spiro atoms. The highest BCUT2D eigenvalue weighted by Crippen LogP contribution is 2.58. The number of amides is 2. The summed E-state index contributed by atoms with van der Waals surface area (Å²) in [5, 5.41) is 11.7. The lowest BCUT2D eigenvalue weighted by Crippen LogP contribution is -2.56. The van der Waals surface area contributed by atoms with Crippen LogP contribution in [0.4, 0.5) is 5.69 Å². The van der Waals surface area contributed by atoms with Crippen molar-refractivity contribution >= 4 is 34.2 Å². The maximum Gasteiger partial charge on any atom is 0.313 e. The van der Waals surface area contributed by atoms with Crippen LogP contribution in [0.25, 0.3) is 10.8 Å². The molecule has 2 aromatic carbocycles. The lowest BCUT2D eigenvalue weighted by Gasteiger charge is -2.38. The van der Waals surface area contributed by atoms with Gasteiger partial charge in [0, 0.05) is 25.4 Å². The Morgan fingerprint density at radius 1 is 1.00 bits per heavy atom. The minimum absolute atomic E-state index is 0.124. The van der Waals surface area contributed by atoms with Gasteiger partial charge in [-0.25, -0.2) is 0 Å². The Labute approximate surface area is 227 Å². The summed E-state index contributed by atoms with van der Waals surface area (Å²) < 4.78 is 12.6. The molecular formula is C31H34N2O6. The Kier molecular flexibility index (Phi) is 6.55. The smallest absolute Gasteiger partial charge is 0.313 e. The molecule has 8 nitrogen and oxygen atoms in total. The molecule has 1 unspecified atom stereocenters. The van der Waals surface area contributed by atoms with E-state index in [0.717, 1.165) is 22.9 Å². The Morgan fingerprint density at radius 3 is 2.62 bits per heavy atom. The van der Waals surface area contributed by atoms with E-state index in [-0.39, 0.29) is 31.6 Å². The van der Waals surface area contributed by atoms with Crippen molar-refractivity contribution in [3.05, 3.63) is 66.8 Å². The zero-order valence-corrected chi connectivity index (χ0v) is 22.1. The zero-order valence-electron chi connectivity index (χ0n) is 22.1. The molecule has 1 N–H and O–H groups in total. The molecular weight excluding hydrogens is 496 g/mol. The highest BCUT2D eigenvalue weighted by molar-refractivity contribution is 6.06. The van der Waals surface area contributed by atoms with Crippen LogP contribution in [0.2, 0.25) is 0 Å². The summed E-state index contributed by atoms with van der Waals surface area (Å²) in [6.45, 7) is 2.57. The van der Waals surface area contributed by atoms with Gasteiger partial charge in [-0.3, -0.25) is 14.4 Å². The monoisotopic (exact) mass is 530 g/mol. The van der Waals surface area contributed by atoms with Gasteiger partial charge < -0.3 is 24.4 Å². The van der Waals surface area contributed by atoms with Gasteiger partial charge in [-0.1, -0.05) is 61.6 Å². The first-order valence-corrected chi connectivity index (χ1v) is 13.9. The fraction of sp³-hybridized carbons (Fsp3) is 0.452. The quantitative estimate of drug-likeness (QED) is 0.470. The van der Waals surface area contributed by atoms with Crippen LogP contribution in [0, 0.1) is 11.8 Å². The number of nitrogens with zero attached hydrogens (tertiary/aromatic N) is 2. The number of cyclic esters (lactones) is 1. The molecule has 2 fully saturated rings. The average molecular weight is 531 g/mol. The molecule has 5 atom stereocenters. The van der Waals surface area contributed by atoms with Crippen molar-refractivity contribution < 1.29 is 29.0 Å². The van der Waals surface area contributed by atoms with Crippen LogP contribution >= 0.6 is 0 Å². The third-order valence-electron chi connectivity index (χ3n) is 8.73. The normalized spacial score (nSPS) is 33.1. The van der Waals surface area contributed by atoms with Crippen LogP contribution in [0.1, 0.15) is 32.6 Å². The zero-order chi connectivity index (χ0) is 27.2. The number of rotatable bonds is 5. The van der Waals surface area contributed by atoms with E-state index in [0.29, 0.717) is 25.8 Å². The number of hydrogen-bond acceptors (Lipinski definition) is 6. The predicted octanol–water partition coefficient (Wildman–Crippen LogP) is 3.38. The maximum atomic E-state index is 14.5. The van der Waals surface area contributed by atoms with E-state index in [1.807, 2.05) is 73.7 Å². The molecule has 0 bridgehead atoms. The van der Waals surface area contributed by atoms with Crippen molar-refractivity contribution in [2.75, 3.05) is 31.2 Å². The van der Waals surface area contributed by atoms with E-state index in [1.165, 1.54) is 4.90 Å². The first-order valence-electron chi connectivity index (χ1n) is 13.9. The Balaban J connectivity index is 1.48. The summed E-state index contributed by atoms with van der Waals surface area (Å²) >= 11 is 0. The SMILES string of the molecule is CC[C@@]12/C=C\CCCOC(=O)[C@@H]1[C@H]1C(=O)N(CCCO)C3C(=O)N(c4ccc5ccccc5c4)CC=C[C@@]31O2. The van der Waals surface area contributed by atoms with Gasteiger partial charge in [0.25, 0.3) is 5.91 Å². The molecule has 204 valence electrons. The number of aliphatic hydroxyl groups is 1. The molecule has 4 aliphatic rings. The summed E-state index contributed by atoms with van der Waals surface area (Å²) in [7, 11) is 0. The van der Waals surface area contributed by atoms with Crippen LogP contribution in [-0.4, -0.2) is 71.3 Å². The van der Waals surface area contributed by atoms with E-state index in [1.54, 1.807) is 4.90 Å². The fourth-order valence-corrected chi connectivity index (χ4v) is 6.93. The summed E-state index contributed by atoms with van der Waals surface area (Å²) in [6, 6.07) is 12.9. The molecule has 0 aromatic heterocycles. The first-order chi connectivity index (χ1) is 19.0. The summed E-state index contributed by atoms with van der Waals surface area (Å²) in [5.41, 5.74) is -1.67. The third-order valence-corrected chi connectivity index (χ3v) is 8.73. The molecule has 0 aliphatic carbocycles. The van der Waals surface area contributed by atoms with Crippen molar-refractivity contribution in [3.8, 4) is 0 Å². The molecule has 2 saturated heterocycles. The number of likely N-dealkylation sites (tertiary alicyclic amines) is 1. The number of aliphatic hydroxyl groups excluding tert-OH is 1. The van der Waals surface area contributed by atoms with Crippen molar-refractivity contribution in [1.82, 2.24) is 4.90 Å². The average Bonchev–Trinajstić information content (AvgIpc) is 3.32. The van der Waals surface area contributed by atoms with Gasteiger partial charge >= 0.3 is 5.97 Å². The van der Waals surface area contributed by atoms with Crippen molar-refractivity contribution in [2.45, 2.75) is 49.9 Å². The number of benzene rings is 2. The molecule has 0 radical (unpaired) electrons. The maximum absolute atomic E-state index is 14.5. The van der Waals surface area contributed by atoms with Gasteiger partial charge in [0.15, 0.2) is 0 Å². The highest BCUT2D eigenvalue weighted by Gasteiger charge is 2.75. The molecule has 4 aliphatic heterocycles. The van der Waals surface area contributed by atoms with Gasteiger partial charge in [-0.05, 0) is 48.6 Å². The van der Waals surface area contributed by atoms with Gasteiger partial charge in [0.05, 0.1) is 12.5 Å². The molecule has 0 saturated carbocycles. The first kappa shape index (κ1) is 25.8. The van der Waals surface area contributed by atoms with E-state index >= 15 is 0 Å². The second kappa shape index (κ2) is 9.92. The lowest BCUT2D eigenvalue weighted by molar-refractivity contribution is -0.159. The van der Waals surface area contributed by atoms with Gasteiger partial charge in [-0.2, -0.15) is 0 Å². The number of hydrogen-bond donors (Lipinski definition) is 1. The Morgan fingerprint density at radius 2 is 1.82 bits per heavy atom. The van der Waals surface area contributed by atoms with Gasteiger partial charge in [-0.15, -0.1) is 0 Å². The number of carbonyl (C=O) groups is 3. The van der Waals surface area contributed by atoms with Crippen LogP contribution in [0.3, 0.4) is 0 Å². The van der Waals surface area contributed by atoms with Crippen molar-refractivity contribution in [2.24, 2.45) is 11.8 Å². The summed E-state index contributed by atoms with van der Waals surface area (Å²) in [5.74, 6) is -2.82. The van der Waals surface area contributed by atoms with E-state index < -0.39 is 35.0 Å². The summed E-state index contributed by atoms with van der Waals surface area (Å²) in [6.07, 6.45) is 9.84. The Hall–Kier alpha value is -3.49. The van der Waals surface area contributed by atoms with E-state index in [9.17, 15) is 19.5 Å². The van der Waals surface area contributed by atoms with E-state index in [4.69, 9.17) is 9.47 Å². The molecule has 8 heteroatoms. The van der Waals surface area contributed by atoms with Gasteiger partial charge in [0.2, 0.25) is 5.91 Å². The number of carbonyl (C=O) groups excluding carboxylic acids is 3. The molecule has 39 heavy (non-hydrogen) atoms. The molecule has 2 amide bonds. The number of esters is 1. The fourth-order valence-electron chi connectivity index (χ4n) is 6.93. The van der Waals surface area contributed by atoms with Crippen LogP contribution in [0.15, 0.2) is 66.8 Å². The number of ether oxygens (including phenoxy) is 2. The largest absolute Gasteiger partial charge is 0.465 e. The summed E-state index contributed by atoms with van der Waals surface area (Å²) in [4.78, 5) is 45.5. The van der Waals surface area contributed by atoms with Crippen LogP contribution < -0.4 is 4.90 Å². The predicted molar refractivity (Wildman–Crippen MR) is 146 cm³/mol. The second-order valence-corrected chi connectivity index (χ2v) is 10.8. The second-order valence-electron chi connectivity index (χ2n) is 10.8. The molecule has 4 heterocycles. The minimum atomic E-state index is -1.33. The number of allylic oxidation sites excluding steroid dienone is 1. The van der Waals surface area contributed by atoms with Crippen LogP contribution in [-0.2, 0) is 23.9 Å². The molecule has 6 rings (SSSR count).